The third-order valence-electron chi connectivity index (χ3n) is 6.46. The fourth-order valence-electron chi connectivity index (χ4n) is 4.49. The van der Waals surface area contributed by atoms with Gasteiger partial charge in [-0.2, -0.15) is 0 Å². The number of azo groups is 1. The first-order valence-electron chi connectivity index (χ1n) is 12.3. The molecule has 2 heterocycles. The van der Waals surface area contributed by atoms with E-state index in [0.717, 1.165) is 29.5 Å². The summed E-state index contributed by atoms with van der Waals surface area (Å²) in [7, 11) is 1.58. The average Bonchev–Trinajstić information content (AvgIpc) is 3.19. The maximum absolute atomic E-state index is 13.5. The molecule has 0 bridgehead atoms. The molecule has 0 unspecified atom stereocenters. The highest BCUT2D eigenvalue weighted by Gasteiger charge is 2.19. The third kappa shape index (κ3) is 4.68. The van der Waals surface area contributed by atoms with Crippen LogP contribution in [0, 0.1) is 6.92 Å². The monoisotopic (exact) mass is 492 g/mol. The molecule has 0 fully saturated rings. The van der Waals surface area contributed by atoms with E-state index in [0.29, 0.717) is 39.8 Å². The van der Waals surface area contributed by atoms with Crippen LogP contribution in [0.25, 0.3) is 33.1 Å². The molecule has 0 saturated carbocycles. The van der Waals surface area contributed by atoms with Gasteiger partial charge >= 0.3 is 0 Å². The molecule has 7 heteroatoms. The fraction of sp³-hybridized carbons (Fsp3) is 0.200. The van der Waals surface area contributed by atoms with Gasteiger partial charge in [-0.1, -0.05) is 55.3 Å². The molecule has 1 amide bonds. The second kappa shape index (κ2) is 10.2. The maximum atomic E-state index is 13.5. The van der Waals surface area contributed by atoms with Crippen LogP contribution in [0.15, 0.2) is 83.0 Å². The molecule has 0 aliphatic carbocycles. The highest BCUT2D eigenvalue weighted by atomic mass is 16.5. The Morgan fingerprint density at radius 1 is 1.03 bits per heavy atom. The molecule has 37 heavy (non-hydrogen) atoms. The Hall–Kier alpha value is -4.52. The minimum Gasteiger partial charge on any atom is -0.497 e. The van der Waals surface area contributed by atoms with Crippen molar-refractivity contribution in [3.8, 4) is 22.9 Å². The number of methoxy groups -OCH3 is 1. The van der Waals surface area contributed by atoms with Crippen molar-refractivity contribution >= 4 is 33.4 Å². The van der Waals surface area contributed by atoms with Crippen LogP contribution in [0.3, 0.4) is 0 Å². The van der Waals surface area contributed by atoms with Gasteiger partial charge in [0.2, 0.25) is 5.88 Å². The van der Waals surface area contributed by atoms with Gasteiger partial charge in [-0.25, -0.2) is 4.98 Å². The summed E-state index contributed by atoms with van der Waals surface area (Å²) >= 11 is 0. The Labute approximate surface area is 215 Å². The van der Waals surface area contributed by atoms with Gasteiger partial charge in [-0.05, 0) is 49.7 Å². The molecule has 0 atom stereocenters. The fourth-order valence-corrected chi connectivity index (χ4v) is 4.49. The molecule has 1 N–H and O–H groups in total. The lowest BCUT2D eigenvalue weighted by Gasteiger charge is -2.08. The van der Waals surface area contributed by atoms with E-state index in [2.05, 4.69) is 17.2 Å². The van der Waals surface area contributed by atoms with Crippen molar-refractivity contribution < 1.29 is 14.6 Å². The minimum absolute atomic E-state index is 0.0198. The van der Waals surface area contributed by atoms with E-state index in [-0.39, 0.29) is 11.6 Å². The summed E-state index contributed by atoms with van der Waals surface area (Å²) in [6.45, 7) is 4.69. The number of rotatable bonds is 7. The van der Waals surface area contributed by atoms with Crippen molar-refractivity contribution in [2.75, 3.05) is 7.11 Å². The summed E-state index contributed by atoms with van der Waals surface area (Å²) in [6.07, 6.45) is 1.87. The molecule has 7 nitrogen and oxygen atoms in total. The molecule has 186 valence electrons. The van der Waals surface area contributed by atoms with Crippen LogP contribution >= 0.6 is 0 Å². The van der Waals surface area contributed by atoms with Crippen LogP contribution in [0.1, 0.15) is 35.7 Å². The quantitative estimate of drug-likeness (QED) is 0.237. The van der Waals surface area contributed by atoms with Gasteiger partial charge in [-0.15, -0.1) is 10.2 Å². The van der Waals surface area contributed by atoms with Crippen LogP contribution in [0.5, 0.6) is 11.6 Å². The first kappa shape index (κ1) is 24.2. The molecule has 0 aliphatic heterocycles. The van der Waals surface area contributed by atoms with Gasteiger partial charge in [0.1, 0.15) is 5.75 Å². The standard InChI is InChI=1S/C30H28N4O3/c1-4-5-15-34-27-14-12-21(37-3)17-24(27)28(30(34)36)32-33-29(35)23-18-26(20-9-7-6-8-10-20)31-25-13-11-19(2)16-22(23)25/h6-14,16-18,36H,4-5,15H2,1-3H3. The van der Waals surface area contributed by atoms with Crippen LogP contribution in [0.4, 0.5) is 5.69 Å². The Morgan fingerprint density at radius 3 is 2.59 bits per heavy atom. The average molecular weight is 493 g/mol. The zero-order valence-electron chi connectivity index (χ0n) is 21.1. The van der Waals surface area contributed by atoms with Gasteiger partial charge in [0.15, 0.2) is 5.69 Å². The Kier molecular flexibility index (Phi) is 6.68. The number of benzene rings is 3. The number of pyridine rings is 1. The number of unbranched alkanes of at least 4 members (excludes halogenated alkanes) is 1. The zero-order valence-corrected chi connectivity index (χ0v) is 21.1. The largest absolute Gasteiger partial charge is 0.497 e. The van der Waals surface area contributed by atoms with E-state index < -0.39 is 5.91 Å². The van der Waals surface area contributed by atoms with Crippen molar-refractivity contribution in [1.82, 2.24) is 9.55 Å². The zero-order chi connectivity index (χ0) is 25.9. The lowest BCUT2D eigenvalue weighted by atomic mass is 10.0. The number of amides is 1. The second-order valence-electron chi connectivity index (χ2n) is 9.01. The van der Waals surface area contributed by atoms with E-state index in [1.807, 2.05) is 67.6 Å². The lowest BCUT2D eigenvalue weighted by Crippen LogP contribution is -1.99. The van der Waals surface area contributed by atoms with Crippen LogP contribution in [0.2, 0.25) is 0 Å². The van der Waals surface area contributed by atoms with Crippen LogP contribution < -0.4 is 4.74 Å². The summed E-state index contributed by atoms with van der Waals surface area (Å²) in [6, 6.07) is 22.8. The van der Waals surface area contributed by atoms with E-state index >= 15 is 0 Å². The highest BCUT2D eigenvalue weighted by Crippen LogP contribution is 2.41. The summed E-state index contributed by atoms with van der Waals surface area (Å²) < 4.78 is 7.18. The number of fused-ring (bicyclic) bond motifs is 2. The van der Waals surface area contributed by atoms with Crippen molar-refractivity contribution in [3.63, 3.8) is 0 Å². The number of nitrogens with zero attached hydrogens (tertiary/aromatic N) is 4. The molecule has 0 spiro atoms. The number of ether oxygens (including phenoxy) is 1. The SMILES string of the molecule is CCCCn1c(O)c(N=NC(=O)c2cc(-c3ccccc3)nc3ccc(C)cc23)c2cc(OC)ccc21. The smallest absolute Gasteiger partial charge is 0.296 e. The molecule has 5 aromatic rings. The minimum atomic E-state index is -0.507. The van der Waals surface area contributed by atoms with Crippen molar-refractivity contribution in [2.45, 2.75) is 33.2 Å². The summed E-state index contributed by atoms with van der Waals surface area (Å²) in [5, 5.41) is 20.8. The predicted molar refractivity (Wildman–Crippen MR) is 146 cm³/mol. The Balaban J connectivity index is 1.62. The normalized spacial score (nSPS) is 11.5. The molecule has 5 rings (SSSR count). The van der Waals surface area contributed by atoms with Gasteiger partial charge in [0.25, 0.3) is 5.91 Å². The summed E-state index contributed by atoms with van der Waals surface area (Å²) in [5.41, 5.74) is 4.76. The topological polar surface area (TPSA) is 89.1 Å². The lowest BCUT2D eigenvalue weighted by molar-refractivity contribution is 0.0996. The third-order valence-corrected chi connectivity index (χ3v) is 6.46. The number of hydrogen-bond donors (Lipinski definition) is 1. The maximum Gasteiger partial charge on any atom is 0.296 e. The van der Waals surface area contributed by atoms with E-state index in [1.54, 1.807) is 23.8 Å². The first-order chi connectivity index (χ1) is 18.0. The molecular weight excluding hydrogens is 464 g/mol. The van der Waals surface area contributed by atoms with Crippen LogP contribution in [-0.2, 0) is 6.54 Å². The van der Waals surface area contributed by atoms with Crippen molar-refractivity contribution in [3.05, 3.63) is 83.9 Å². The first-order valence-corrected chi connectivity index (χ1v) is 12.3. The Morgan fingerprint density at radius 2 is 1.84 bits per heavy atom. The second-order valence-corrected chi connectivity index (χ2v) is 9.01. The van der Waals surface area contributed by atoms with E-state index in [9.17, 15) is 9.90 Å². The molecule has 0 aliphatic rings. The number of carbonyl (C=O) groups is 1. The molecular formula is C30H28N4O3. The van der Waals surface area contributed by atoms with Gasteiger partial charge in [0, 0.05) is 22.9 Å². The van der Waals surface area contributed by atoms with Crippen molar-refractivity contribution in [1.29, 1.82) is 0 Å². The highest BCUT2D eigenvalue weighted by molar-refractivity contribution is 6.08. The predicted octanol–water partition coefficient (Wildman–Crippen LogP) is 7.60. The molecule has 2 aromatic heterocycles. The Bertz CT molecular complexity index is 1640. The molecule has 3 aromatic carbocycles. The number of carbonyl (C=O) groups excluding carboxylic acids is 1. The van der Waals surface area contributed by atoms with Crippen LogP contribution in [-0.4, -0.2) is 27.7 Å². The molecule has 0 radical (unpaired) electrons. The van der Waals surface area contributed by atoms with Gasteiger partial charge in [-0.3, -0.25) is 4.79 Å². The van der Waals surface area contributed by atoms with E-state index in [1.165, 1.54) is 0 Å². The number of aromatic hydroxyl groups is 1. The summed E-state index contributed by atoms with van der Waals surface area (Å²) in [4.78, 5) is 18.2. The van der Waals surface area contributed by atoms with E-state index in [4.69, 9.17) is 9.72 Å². The number of aryl methyl sites for hydroxylation is 2. The summed E-state index contributed by atoms with van der Waals surface area (Å²) in [5.74, 6) is 0.103. The molecule has 0 saturated heterocycles. The number of hydrogen-bond acceptors (Lipinski definition) is 5. The van der Waals surface area contributed by atoms with Gasteiger partial charge in [0.05, 0.1) is 29.4 Å². The van der Waals surface area contributed by atoms with Gasteiger partial charge < -0.3 is 14.4 Å². The number of aromatic nitrogens is 2. The van der Waals surface area contributed by atoms with Crippen molar-refractivity contribution in [2.24, 2.45) is 10.2 Å².